The number of fused-ring (bicyclic) bond motifs is 1. The van der Waals surface area contributed by atoms with Crippen molar-refractivity contribution in [1.29, 1.82) is 0 Å². The van der Waals surface area contributed by atoms with Gasteiger partial charge in [0, 0.05) is 17.1 Å². The first-order valence-corrected chi connectivity index (χ1v) is 11.1. The minimum atomic E-state index is -4.46. The molecule has 3 aromatic rings. The monoisotopic (exact) mass is 493 g/mol. The van der Waals surface area contributed by atoms with Crippen molar-refractivity contribution in [2.75, 3.05) is 30.8 Å². The smallest absolute Gasteiger partial charge is 0.406 e. The second kappa shape index (κ2) is 10.6. The van der Waals surface area contributed by atoms with Gasteiger partial charge in [-0.25, -0.2) is 0 Å². The number of aromatic nitrogens is 1. The zero-order valence-corrected chi connectivity index (χ0v) is 18.8. The van der Waals surface area contributed by atoms with Gasteiger partial charge in [-0.15, -0.1) is 5.14 Å². The summed E-state index contributed by atoms with van der Waals surface area (Å²) < 4.78 is 57.5. The predicted molar refractivity (Wildman–Crippen MR) is 125 cm³/mol. The summed E-state index contributed by atoms with van der Waals surface area (Å²) in [4.78, 5) is 11.5. The van der Waals surface area contributed by atoms with Crippen molar-refractivity contribution in [3.05, 3.63) is 48.2 Å². The third kappa shape index (κ3) is 6.28. The number of primary amides is 1. The van der Waals surface area contributed by atoms with Gasteiger partial charge in [0.05, 0.1) is 48.5 Å². The molecule has 12 heteroatoms. The number of nitrogens with one attached hydrogen (secondary N) is 2. The number of benzene rings is 2. The lowest BCUT2D eigenvalue weighted by Crippen LogP contribution is -2.21. The number of alkyl halides is 3. The molecule has 0 aliphatic rings. The minimum absolute atomic E-state index is 0.0990. The fourth-order valence-corrected chi connectivity index (χ4v) is 3.72. The number of halogens is 3. The molecule has 0 saturated carbocycles. The number of carbonyl (C=O) groups excluding carboxylic acids is 1. The van der Waals surface area contributed by atoms with E-state index in [4.69, 9.17) is 15.6 Å². The van der Waals surface area contributed by atoms with E-state index in [-0.39, 0.29) is 18.8 Å². The van der Waals surface area contributed by atoms with Crippen molar-refractivity contribution in [2.24, 2.45) is 10.9 Å². The summed E-state index contributed by atoms with van der Waals surface area (Å²) in [5.41, 5.74) is 6.66. The lowest BCUT2D eigenvalue weighted by molar-refractivity contribution is -0.140. The van der Waals surface area contributed by atoms with Gasteiger partial charge in [0.1, 0.15) is 12.3 Å². The highest BCUT2D eigenvalue weighted by Crippen LogP contribution is 2.30. The van der Waals surface area contributed by atoms with Crippen molar-refractivity contribution in [3.8, 4) is 17.6 Å². The number of rotatable bonds is 8. The van der Waals surface area contributed by atoms with E-state index >= 15 is 0 Å². The molecule has 2 aromatic carbocycles. The van der Waals surface area contributed by atoms with Gasteiger partial charge in [-0.05, 0) is 36.3 Å². The maximum absolute atomic E-state index is 13.3. The van der Waals surface area contributed by atoms with E-state index in [1.807, 2.05) is 0 Å². The molecule has 0 radical (unpaired) electrons. The van der Waals surface area contributed by atoms with Crippen LogP contribution in [0.1, 0.15) is 5.69 Å². The van der Waals surface area contributed by atoms with Crippen LogP contribution in [0.4, 0.5) is 24.5 Å². The average Bonchev–Trinajstić information content (AvgIpc) is 3.11. The maximum Gasteiger partial charge on any atom is 0.406 e. The summed E-state index contributed by atoms with van der Waals surface area (Å²) in [5.74, 6) is 5.39. The fourth-order valence-electron chi connectivity index (χ4n) is 3.29. The van der Waals surface area contributed by atoms with Crippen LogP contribution in [0.2, 0.25) is 0 Å². The Hall–Kier alpha value is -3.53. The molecule has 6 N–H and O–H groups in total. The molecule has 1 atom stereocenters. The van der Waals surface area contributed by atoms with Crippen LogP contribution in [0.25, 0.3) is 10.9 Å². The van der Waals surface area contributed by atoms with E-state index in [1.54, 1.807) is 30.3 Å². The number of nitrogens with two attached hydrogens (primary N) is 2. The molecule has 0 saturated heterocycles. The first-order chi connectivity index (χ1) is 16.1. The Bertz CT molecular complexity index is 1250. The number of ether oxygens (including phenoxy) is 1. The van der Waals surface area contributed by atoms with Gasteiger partial charge in [-0.3, -0.25) is 4.79 Å². The molecule has 1 heterocycles. The van der Waals surface area contributed by atoms with Crippen LogP contribution in [-0.2, 0) is 22.7 Å². The van der Waals surface area contributed by atoms with Crippen molar-refractivity contribution < 1.29 is 27.3 Å². The van der Waals surface area contributed by atoms with Crippen LogP contribution >= 0.6 is 0 Å². The molecular weight excluding hydrogens is 471 g/mol. The van der Waals surface area contributed by atoms with Crippen LogP contribution < -0.4 is 26.2 Å². The third-order valence-corrected chi connectivity index (χ3v) is 5.44. The Kier molecular flexibility index (Phi) is 7.83. The SMILES string of the molecule is COc1cc([S+](N)[O-])ccc1NCC#Cc1cc2c(NCC(N)=O)cccc2n1CC(F)(F)F. The molecule has 1 amide bonds. The highest BCUT2D eigenvalue weighted by Gasteiger charge is 2.30. The van der Waals surface area contributed by atoms with Crippen molar-refractivity contribution in [1.82, 2.24) is 4.57 Å². The molecular formula is C22H22F3N5O3S. The van der Waals surface area contributed by atoms with E-state index in [0.29, 0.717) is 32.9 Å². The number of hydrogen-bond acceptors (Lipinski definition) is 6. The van der Waals surface area contributed by atoms with Crippen LogP contribution in [0.3, 0.4) is 0 Å². The average molecular weight is 494 g/mol. The Morgan fingerprint density at radius 1 is 1.21 bits per heavy atom. The second-order valence-corrected chi connectivity index (χ2v) is 8.17. The van der Waals surface area contributed by atoms with Crippen molar-refractivity contribution in [3.63, 3.8) is 0 Å². The number of hydrogen-bond donors (Lipinski definition) is 4. The highest BCUT2D eigenvalue weighted by atomic mass is 32.2. The summed E-state index contributed by atoms with van der Waals surface area (Å²) in [6.45, 7) is -1.28. The Balaban J connectivity index is 1.89. The molecule has 0 bridgehead atoms. The van der Waals surface area contributed by atoms with Crippen molar-refractivity contribution in [2.45, 2.75) is 17.6 Å². The van der Waals surface area contributed by atoms with Gasteiger partial charge < -0.3 is 30.2 Å². The molecule has 0 spiro atoms. The molecule has 3 rings (SSSR count). The fraction of sp³-hybridized carbons (Fsp3) is 0.227. The van der Waals surface area contributed by atoms with Crippen LogP contribution in [-0.4, -0.2) is 41.4 Å². The minimum Gasteiger partial charge on any atom is -0.593 e. The lowest BCUT2D eigenvalue weighted by atomic mass is 10.2. The summed E-state index contributed by atoms with van der Waals surface area (Å²) >= 11 is -1.67. The number of amides is 1. The highest BCUT2D eigenvalue weighted by molar-refractivity contribution is 7.89. The summed E-state index contributed by atoms with van der Waals surface area (Å²) in [7, 11) is 1.44. The van der Waals surface area contributed by atoms with Gasteiger partial charge in [0.15, 0.2) is 4.90 Å². The van der Waals surface area contributed by atoms with Crippen LogP contribution in [0.15, 0.2) is 47.4 Å². The summed E-state index contributed by atoms with van der Waals surface area (Å²) in [6, 6.07) is 11.0. The first kappa shape index (κ1) is 25.1. The van der Waals surface area contributed by atoms with E-state index in [1.165, 1.54) is 19.2 Å². The largest absolute Gasteiger partial charge is 0.593 e. The van der Waals surface area contributed by atoms with Crippen molar-refractivity contribution >= 4 is 39.5 Å². The Labute approximate surface area is 196 Å². The number of carbonyl (C=O) groups is 1. The number of methoxy groups -OCH3 is 1. The third-order valence-electron chi connectivity index (χ3n) is 4.73. The molecule has 180 valence electrons. The van der Waals surface area contributed by atoms with Gasteiger partial charge in [-0.1, -0.05) is 12.0 Å². The normalized spacial score (nSPS) is 12.1. The molecule has 1 unspecified atom stereocenters. The van der Waals surface area contributed by atoms with Crippen LogP contribution in [0.5, 0.6) is 5.75 Å². The zero-order chi connectivity index (χ0) is 24.9. The Morgan fingerprint density at radius 2 is 1.97 bits per heavy atom. The first-order valence-electron chi connectivity index (χ1n) is 9.87. The van der Waals surface area contributed by atoms with Gasteiger partial charge in [0.25, 0.3) is 0 Å². The van der Waals surface area contributed by atoms with E-state index in [9.17, 15) is 22.5 Å². The van der Waals surface area contributed by atoms with Gasteiger partial charge >= 0.3 is 6.18 Å². The van der Waals surface area contributed by atoms with Gasteiger partial charge in [-0.2, -0.15) is 13.2 Å². The standard InChI is InChI=1S/C22H22F3N5O3S/c1-33-20-11-15(34(27)32)7-8-18(20)28-9-3-4-14-10-16-17(29-12-21(26)31)5-2-6-19(16)30(14)13-22(23,24)25/h2,5-8,10-11,28-29H,9,12-13,27H2,1H3,(H2,26,31). The molecule has 0 aliphatic carbocycles. The molecule has 1 aromatic heterocycles. The summed E-state index contributed by atoms with van der Waals surface area (Å²) in [5, 5.41) is 11.7. The van der Waals surface area contributed by atoms with E-state index in [2.05, 4.69) is 22.5 Å². The maximum atomic E-state index is 13.3. The quantitative estimate of drug-likeness (QED) is 0.282. The molecule has 8 nitrogen and oxygen atoms in total. The van der Waals surface area contributed by atoms with E-state index in [0.717, 1.165) is 4.57 Å². The predicted octanol–water partition coefficient (Wildman–Crippen LogP) is 2.55. The summed E-state index contributed by atoms with van der Waals surface area (Å²) in [6.07, 6.45) is -4.46. The van der Waals surface area contributed by atoms with Gasteiger partial charge in [0.2, 0.25) is 5.91 Å². The Morgan fingerprint density at radius 3 is 2.62 bits per heavy atom. The van der Waals surface area contributed by atoms with E-state index < -0.39 is 30.0 Å². The second-order valence-electron chi connectivity index (χ2n) is 7.10. The molecule has 0 fully saturated rings. The lowest BCUT2D eigenvalue weighted by Gasteiger charge is -2.12. The molecule has 34 heavy (non-hydrogen) atoms. The van der Waals surface area contributed by atoms with Crippen LogP contribution in [0, 0.1) is 11.8 Å². The number of anilines is 2. The zero-order valence-electron chi connectivity index (χ0n) is 18.0. The topological polar surface area (TPSA) is 130 Å². The number of nitrogens with zero attached hydrogens (tertiary/aromatic N) is 1. The molecule has 0 aliphatic heterocycles.